The van der Waals surface area contributed by atoms with Crippen LogP contribution in [0.2, 0.25) is 0 Å². The molecule has 0 spiro atoms. The van der Waals surface area contributed by atoms with E-state index in [2.05, 4.69) is 27.0 Å². The van der Waals surface area contributed by atoms with Crippen molar-refractivity contribution in [1.29, 1.82) is 0 Å². The molecule has 158 valence electrons. The van der Waals surface area contributed by atoms with Gasteiger partial charge in [-0.2, -0.15) is 0 Å². The van der Waals surface area contributed by atoms with Crippen molar-refractivity contribution in [3.8, 4) is 69.2 Å². The molecule has 2 N–H and O–H groups in total. The zero-order valence-electron chi connectivity index (χ0n) is 17.4. The minimum absolute atomic E-state index is 0.0540. The van der Waals surface area contributed by atoms with Gasteiger partial charge in [0.1, 0.15) is 29.1 Å². The van der Waals surface area contributed by atoms with Crippen LogP contribution in [0.5, 0.6) is 23.0 Å². The molecule has 0 aliphatic rings. The second-order valence-electron chi connectivity index (χ2n) is 6.71. The lowest BCUT2D eigenvalue weighted by Gasteiger charge is -2.10. The number of phenols is 2. The number of phenolic OH excluding ortho intramolecular Hbond substituents is 2. The van der Waals surface area contributed by atoms with Gasteiger partial charge in [-0.15, -0.1) is 0 Å². The Morgan fingerprint density at radius 1 is 0.719 bits per heavy atom. The van der Waals surface area contributed by atoms with Crippen LogP contribution >= 0.6 is 0 Å². The molecule has 1 aromatic heterocycles. The number of methoxy groups -OCH3 is 1. The molecule has 0 fully saturated rings. The van der Waals surface area contributed by atoms with Crippen LogP contribution in [0.15, 0.2) is 66.7 Å². The molecule has 0 radical (unpaired) electrons. The first-order valence-electron chi connectivity index (χ1n) is 9.69. The average molecular weight is 425 g/mol. The largest absolute Gasteiger partial charge is 0.508 e. The molecule has 3 aromatic carbocycles. The van der Waals surface area contributed by atoms with Crippen LogP contribution in [-0.4, -0.2) is 32.3 Å². The van der Waals surface area contributed by atoms with Gasteiger partial charge >= 0.3 is 0 Å². The second-order valence-corrected chi connectivity index (χ2v) is 6.71. The van der Waals surface area contributed by atoms with Gasteiger partial charge in [0.05, 0.1) is 12.7 Å². The molecule has 0 aliphatic heterocycles. The highest BCUT2D eigenvalue weighted by atomic mass is 16.5. The summed E-state index contributed by atoms with van der Waals surface area (Å²) in [7, 11) is 1.60. The van der Waals surface area contributed by atoms with Gasteiger partial charge in [-0.25, -0.2) is 15.0 Å². The Bertz CT molecular complexity index is 1310. The van der Waals surface area contributed by atoms with Crippen molar-refractivity contribution in [3.63, 3.8) is 0 Å². The summed E-state index contributed by atoms with van der Waals surface area (Å²) >= 11 is 0. The second kappa shape index (κ2) is 9.06. The maximum atomic E-state index is 10.3. The van der Waals surface area contributed by atoms with Crippen molar-refractivity contribution in [1.82, 2.24) is 15.0 Å². The van der Waals surface area contributed by atoms with Gasteiger partial charge in [-0.1, -0.05) is 5.92 Å². The molecule has 0 unspecified atom stereocenters. The molecule has 0 saturated carbocycles. The van der Waals surface area contributed by atoms with Crippen molar-refractivity contribution in [2.75, 3.05) is 7.11 Å². The molecular weight excluding hydrogens is 406 g/mol. The zero-order chi connectivity index (χ0) is 22.5. The van der Waals surface area contributed by atoms with E-state index in [1.54, 1.807) is 32.2 Å². The van der Waals surface area contributed by atoms with E-state index < -0.39 is 0 Å². The number of aromatic nitrogens is 3. The maximum Gasteiger partial charge on any atom is 0.167 e. The Labute approximate surface area is 185 Å². The molecule has 0 amide bonds. The Kier molecular flexibility index (Phi) is 5.86. The van der Waals surface area contributed by atoms with E-state index in [9.17, 15) is 10.2 Å². The highest BCUT2D eigenvalue weighted by molar-refractivity contribution is 5.70. The van der Waals surface area contributed by atoms with Gasteiger partial charge in [-0.3, -0.25) is 0 Å². The topological polar surface area (TPSA) is 97.6 Å². The quantitative estimate of drug-likeness (QED) is 0.449. The summed E-state index contributed by atoms with van der Waals surface area (Å²) in [4.78, 5) is 13.7. The zero-order valence-corrected chi connectivity index (χ0v) is 17.4. The van der Waals surface area contributed by atoms with E-state index in [1.807, 2.05) is 36.4 Å². The monoisotopic (exact) mass is 425 g/mol. The smallest absolute Gasteiger partial charge is 0.167 e. The number of rotatable bonds is 5. The van der Waals surface area contributed by atoms with Crippen LogP contribution in [0.3, 0.4) is 0 Å². The van der Waals surface area contributed by atoms with E-state index >= 15 is 0 Å². The molecule has 7 nitrogen and oxygen atoms in total. The molecule has 32 heavy (non-hydrogen) atoms. The Morgan fingerprint density at radius 2 is 1.28 bits per heavy atom. The van der Waals surface area contributed by atoms with Crippen LogP contribution in [0.25, 0.3) is 34.2 Å². The third kappa shape index (κ3) is 4.45. The summed E-state index contributed by atoms with van der Waals surface area (Å²) in [6, 6.07) is 18.8. The lowest BCUT2D eigenvalue weighted by Crippen LogP contribution is -2.00. The number of ether oxygens (including phenoxy) is 2. The minimum atomic E-state index is -0.135. The van der Waals surface area contributed by atoms with Gasteiger partial charge in [-0.05, 0) is 60.7 Å². The van der Waals surface area contributed by atoms with E-state index in [1.165, 1.54) is 12.1 Å². The lowest BCUT2D eigenvalue weighted by molar-refractivity contribution is 0.415. The number of nitrogens with zero attached hydrogens (tertiary/aromatic N) is 3. The summed E-state index contributed by atoms with van der Waals surface area (Å²) < 4.78 is 10.5. The number of hydrogen-bond acceptors (Lipinski definition) is 7. The van der Waals surface area contributed by atoms with E-state index in [0.29, 0.717) is 28.7 Å². The fourth-order valence-electron chi connectivity index (χ4n) is 2.99. The Morgan fingerprint density at radius 3 is 1.81 bits per heavy atom. The van der Waals surface area contributed by atoms with Crippen molar-refractivity contribution in [3.05, 3.63) is 66.7 Å². The molecule has 4 aromatic rings. The Balaban J connectivity index is 1.83. The van der Waals surface area contributed by atoms with Crippen molar-refractivity contribution in [2.24, 2.45) is 0 Å². The highest BCUT2D eigenvalue weighted by Gasteiger charge is 2.15. The molecule has 0 atom stereocenters. The molecule has 0 bridgehead atoms. The summed E-state index contributed by atoms with van der Waals surface area (Å²) in [5.74, 6) is 4.92. The fourth-order valence-corrected chi connectivity index (χ4v) is 2.99. The first kappa shape index (κ1) is 20.7. The average Bonchev–Trinajstić information content (AvgIpc) is 2.83. The highest BCUT2D eigenvalue weighted by Crippen LogP contribution is 2.32. The van der Waals surface area contributed by atoms with Crippen LogP contribution in [0.4, 0.5) is 0 Å². The minimum Gasteiger partial charge on any atom is -0.508 e. The van der Waals surface area contributed by atoms with Crippen LogP contribution in [0.1, 0.15) is 6.92 Å². The third-order valence-electron chi connectivity index (χ3n) is 4.59. The first-order valence-corrected chi connectivity index (χ1v) is 9.69. The molecule has 0 aliphatic carbocycles. The predicted molar refractivity (Wildman–Crippen MR) is 120 cm³/mol. The molecule has 4 rings (SSSR count). The summed E-state index contributed by atoms with van der Waals surface area (Å²) in [5.41, 5.74) is 1.87. The molecular formula is C25H19N3O4. The predicted octanol–water partition coefficient (Wildman–Crippen LogP) is 4.65. The van der Waals surface area contributed by atoms with Gasteiger partial charge in [0, 0.05) is 24.1 Å². The van der Waals surface area contributed by atoms with Crippen LogP contribution in [0, 0.1) is 12.0 Å². The fraction of sp³-hybridized carbons (Fsp3) is 0.0800. The number of aromatic hydroxyl groups is 2. The van der Waals surface area contributed by atoms with Crippen molar-refractivity contribution >= 4 is 0 Å². The SMILES string of the molecule is CC#COc1ccc(-c2nc(-c3ccc(OC)cc3)nc(-c3ccc(O)cc3O)n2)cc1. The molecule has 0 saturated heterocycles. The van der Waals surface area contributed by atoms with Gasteiger partial charge < -0.3 is 19.7 Å². The third-order valence-corrected chi connectivity index (χ3v) is 4.59. The number of benzene rings is 3. The van der Waals surface area contributed by atoms with Crippen molar-refractivity contribution in [2.45, 2.75) is 6.92 Å². The van der Waals surface area contributed by atoms with Crippen molar-refractivity contribution < 1.29 is 19.7 Å². The van der Waals surface area contributed by atoms with Gasteiger partial charge in [0.15, 0.2) is 17.5 Å². The van der Waals surface area contributed by atoms with Crippen LogP contribution < -0.4 is 9.47 Å². The summed E-state index contributed by atoms with van der Waals surface area (Å²) in [6.45, 7) is 1.69. The molecule has 7 heteroatoms. The lowest BCUT2D eigenvalue weighted by atomic mass is 10.1. The van der Waals surface area contributed by atoms with E-state index in [-0.39, 0.29) is 17.3 Å². The normalized spacial score (nSPS) is 10.2. The van der Waals surface area contributed by atoms with Gasteiger partial charge in [0.25, 0.3) is 0 Å². The van der Waals surface area contributed by atoms with E-state index in [4.69, 9.17) is 9.47 Å². The molecule has 1 heterocycles. The maximum absolute atomic E-state index is 10.3. The van der Waals surface area contributed by atoms with E-state index in [0.717, 1.165) is 11.1 Å². The summed E-state index contributed by atoms with van der Waals surface area (Å²) in [5, 5.41) is 20.0. The Hall–Kier alpha value is -4.57. The standard InChI is InChI=1S/C25H19N3O4/c1-3-14-32-20-11-6-17(7-12-20)24-26-23(16-4-9-19(31-2)10-5-16)27-25(28-24)21-13-8-18(29)15-22(21)30/h4-13,15,29-30H,1-2H3. The summed E-state index contributed by atoms with van der Waals surface area (Å²) in [6.07, 6.45) is 2.56. The first-order chi connectivity index (χ1) is 15.6. The van der Waals surface area contributed by atoms with Gasteiger partial charge in [0.2, 0.25) is 0 Å². The van der Waals surface area contributed by atoms with Crippen LogP contribution in [-0.2, 0) is 0 Å². The number of hydrogen-bond donors (Lipinski definition) is 2.